The van der Waals surface area contributed by atoms with Crippen LogP contribution in [0.1, 0.15) is 24.2 Å². The van der Waals surface area contributed by atoms with Gasteiger partial charge in [0.25, 0.3) is 0 Å². The van der Waals surface area contributed by atoms with Crippen molar-refractivity contribution in [3.05, 3.63) is 17.5 Å². The first-order chi connectivity index (χ1) is 9.20. The second-order valence-electron chi connectivity index (χ2n) is 5.36. The number of nitrogens with zero attached hydrogens (tertiary/aromatic N) is 3. The molecule has 0 aromatic carbocycles. The van der Waals surface area contributed by atoms with Gasteiger partial charge in [-0.15, -0.1) is 0 Å². The first kappa shape index (κ1) is 14.5. The Balaban J connectivity index is 1.83. The van der Waals surface area contributed by atoms with Gasteiger partial charge in [-0.2, -0.15) is 5.10 Å². The zero-order chi connectivity index (χ0) is 13.7. The average molecular weight is 266 g/mol. The van der Waals surface area contributed by atoms with Gasteiger partial charge in [-0.05, 0) is 32.4 Å². The molecule has 0 aliphatic carbocycles. The van der Waals surface area contributed by atoms with E-state index >= 15 is 0 Å². The highest BCUT2D eigenvalue weighted by Crippen LogP contribution is 2.19. The minimum atomic E-state index is 0.645. The van der Waals surface area contributed by atoms with E-state index in [1.54, 1.807) is 7.11 Å². The molecule has 1 N–H and O–H groups in total. The van der Waals surface area contributed by atoms with Gasteiger partial charge in [0, 0.05) is 39.8 Å². The Labute approximate surface area is 115 Å². The molecule has 0 amide bonds. The van der Waals surface area contributed by atoms with E-state index in [1.165, 1.54) is 25.1 Å². The number of ether oxygens (including phenoxy) is 1. The SMILES string of the molecule is COCCNCC1CCCN1Cc1cc(C)nn1C. The predicted molar refractivity (Wildman–Crippen MR) is 76.1 cm³/mol. The highest BCUT2D eigenvalue weighted by molar-refractivity contribution is 5.09. The molecule has 0 radical (unpaired) electrons. The Morgan fingerprint density at radius 3 is 3.05 bits per heavy atom. The summed E-state index contributed by atoms with van der Waals surface area (Å²) in [7, 11) is 3.78. The van der Waals surface area contributed by atoms with E-state index in [0.717, 1.165) is 31.9 Å². The van der Waals surface area contributed by atoms with Gasteiger partial charge in [0.15, 0.2) is 0 Å². The Morgan fingerprint density at radius 2 is 2.37 bits per heavy atom. The number of likely N-dealkylation sites (tertiary alicyclic amines) is 1. The van der Waals surface area contributed by atoms with E-state index in [4.69, 9.17) is 4.74 Å². The standard InChI is InChI=1S/C14H26N4O/c1-12-9-14(17(2)16-12)11-18-7-4-5-13(18)10-15-6-8-19-3/h9,13,15H,4-8,10-11H2,1-3H3. The molecule has 1 aliphatic heterocycles. The molecule has 108 valence electrons. The van der Waals surface area contributed by atoms with Crippen LogP contribution >= 0.6 is 0 Å². The Bertz CT molecular complexity index is 391. The van der Waals surface area contributed by atoms with E-state index in [-0.39, 0.29) is 0 Å². The van der Waals surface area contributed by atoms with Crippen molar-refractivity contribution in [1.82, 2.24) is 20.0 Å². The number of aryl methyl sites for hydroxylation is 2. The van der Waals surface area contributed by atoms with Gasteiger partial charge in [0.05, 0.1) is 18.0 Å². The molecule has 5 nitrogen and oxygen atoms in total. The van der Waals surface area contributed by atoms with Crippen LogP contribution in [0, 0.1) is 6.92 Å². The number of nitrogens with one attached hydrogen (secondary N) is 1. The maximum atomic E-state index is 5.06. The van der Waals surface area contributed by atoms with Gasteiger partial charge in [-0.3, -0.25) is 9.58 Å². The van der Waals surface area contributed by atoms with Gasteiger partial charge in [-0.1, -0.05) is 0 Å². The van der Waals surface area contributed by atoms with E-state index in [1.807, 2.05) is 11.7 Å². The zero-order valence-electron chi connectivity index (χ0n) is 12.4. The lowest BCUT2D eigenvalue weighted by molar-refractivity contribution is 0.190. The average Bonchev–Trinajstić information content (AvgIpc) is 2.93. The first-order valence-corrected chi connectivity index (χ1v) is 7.14. The number of hydrogen-bond acceptors (Lipinski definition) is 4. The number of methoxy groups -OCH3 is 1. The molecular weight excluding hydrogens is 240 g/mol. The summed E-state index contributed by atoms with van der Waals surface area (Å²) in [5.41, 5.74) is 2.41. The molecule has 1 aliphatic rings. The van der Waals surface area contributed by atoms with Crippen LogP contribution in [0.2, 0.25) is 0 Å². The molecule has 1 unspecified atom stereocenters. The molecule has 2 heterocycles. The lowest BCUT2D eigenvalue weighted by Crippen LogP contribution is -2.38. The zero-order valence-corrected chi connectivity index (χ0v) is 12.4. The largest absolute Gasteiger partial charge is 0.383 e. The van der Waals surface area contributed by atoms with Crippen molar-refractivity contribution < 1.29 is 4.74 Å². The summed E-state index contributed by atoms with van der Waals surface area (Å²) in [5.74, 6) is 0. The lowest BCUT2D eigenvalue weighted by atomic mass is 10.2. The van der Waals surface area contributed by atoms with Crippen LogP contribution in [0.15, 0.2) is 6.07 Å². The van der Waals surface area contributed by atoms with Crippen molar-refractivity contribution in [2.24, 2.45) is 7.05 Å². The number of hydrogen-bond donors (Lipinski definition) is 1. The fourth-order valence-corrected chi connectivity index (χ4v) is 2.80. The second-order valence-corrected chi connectivity index (χ2v) is 5.36. The maximum Gasteiger partial charge on any atom is 0.0597 e. The van der Waals surface area contributed by atoms with E-state index < -0.39 is 0 Å². The quantitative estimate of drug-likeness (QED) is 0.746. The minimum absolute atomic E-state index is 0.645. The normalized spacial score (nSPS) is 20.3. The van der Waals surface area contributed by atoms with Crippen molar-refractivity contribution in [3.63, 3.8) is 0 Å². The third kappa shape index (κ3) is 4.03. The number of aromatic nitrogens is 2. The van der Waals surface area contributed by atoms with Crippen LogP contribution in [0.5, 0.6) is 0 Å². The smallest absolute Gasteiger partial charge is 0.0597 e. The van der Waals surface area contributed by atoms with Crippen LogP contribution in [0.3, 0.4) is 0 Å². The number of rotatable bonds is 7. The fraction of sp³-hybridized carbons (Fsp3) is 0.786. The highest BCUT2D eigenvalue weighted by Gasteiger charge is 2.24. The van der Waals surface area contributed by atoms with Crippen LogP contribution in [0.4, 0.5) is 0 Å². The Morgan fingerprint density at radius 1 is 1.53 bits per heavy atom. The maximum absolute atomic E-state index is 5.06. The monoisotopic (exact) mass is 266 g/mol. The molecule has 1 saturated heterocycles. The van der Waals surface area contributed by atoms with Crippen molar-refractivity contribution >= 4 is 0 Å². The van der Waals surface area contributed by atoms with E-state index in [0.29, 0.717) is 6.04 Å². The molecular formula is C14H26N4O. The molecule has 0 bridgehead atoms. The highest BCUT2D eigenvalue weighted by atomic mass is 16.5. The summed E-state index contributed by atoms with van der Waals surface area (Å²) in [6.07, 6.45) is 2.59. The molecule has 19 heavy (non-hydrogen) atoms. The first-order valence-electron chi connectivity index (χ1n) is 7.14. The molecule has 5 heteroatoms. The lowest BCUT2D eigenvalue weighted by Gasteiger charge is -2.24. The minimum Gasteiger partial charge on any atom is -0.383 e. The molecule has 0 saturated carbocycles. The van der Waals surface area contributed by atoms with Crippen molar-refractivity contribution in [1.29, 1.82) is 0 Å². The Kier molecular flexibility index (Phi) is 5.36. The topological polar surface area (TPSA) is 42.3 Å². The molecule has 2 rings (SSSR count). The van der Waals surface area contributed by atoms with Gasteiger partial charge in [0.2, 0.25) is 0 Å². The summed E-state index contributed by atoms with van der Waals surface area (Å²) in [6, 6.07) is 2.83. The Hall–Kier alpha value is -0.910. The van der Waals surface area contributed by atoms with Gasteiger partial charge < -0.3 is 10.1 Å². The third-order valence-electron chi connectivity index (χ3n) is 3.83. The second kappa shape index (κ2) is 7.03. The van der Waals surface area contributed by atoms with Crippen LogP contribution in [-0.4, -0.2) is 54.1 Å². The van der Waals surface area contributed by atoms with Crippen molar-refractivity contribution in [2.45, 2.75) is 32.4 Å². The molecule has 0 spiro atoms. The summed E-state index contributed by atoms with van der Waals surface area (Å²) >= 11 is 0. The van der Waals surface area contributed by atoms with E-state index in [2.05, 4.69) is 28.3 Å². The molecule has 1 atom stereocenters. The third-order valence-corrected chi connectivity index (χ3v) is 3.83. The van der Waals surface area contributed by atoms with Gasteiger partial charge in [0.1, 0.15) is 0 Å². The van der Waals surface area contributed by atoms with Crippen LogP contribution < -0.4 is 5.32 Å². The molecule has 1 fully saturated rings. The van der Waals surface area contributed by atoms with Crippen LogP contribution in [-0.2, 0) is 18.3 Å². The summed E-state index contributed by atoms with van der Waals surface area (Å²) in [4.78, 5) is 2.57. The summed E-state index contributed by atoms with van der Waals surface area (Å²) in [5, 5.41) is 7.90. The predicted octanol–water partition coefficient (Wildman–Crippen LogP) is 0.929. The van der Waals surface area contributed by atoms with Crippen molar-refractivity contribution in [3.8, 4) is 0 Å². The van der Waals surface area contributed by atoms with E-state index in [9.17, 15) is 0 Å². The fourth-order valence-electron chi connectivity index (χ4n) is 2.80. The molecule has 1 aromatic rings. The summed E-state index contributed by atoms with van der Waals surface area (Å²) < 4.78 is 7.06. The summed E-state index contributed by atoms with van der Waals surface area (Å²) in [6.45, 7) is 7.03. The van der Waals surface area contributed by atoms with Crippen LogP contribution in [0.25, 0.3) is 0 Å². The van der Waals surface area contributed by atoms with Crippen molar-refractivity contribution in [2.75, 3.05) is 33.4 Å². The van der Waals surface area contributed by atoms with Gasteiger partial charge >= 0.3 is 0 Å². The molecule has 1 aromatic heterocycles. The van der Waals surface area contributed by atoms with Gasteiger partial charge in [-0.25, -0.2) is 0 Å².